The van der Waals surface area contributed by atoms with Crippen LogP contribution >= 0.6 is 35.6 Å². The summed E-state index contributed by atoms with van der Waals surface area (Å²) in [6.45, 7) is 1.09. The number of carbonyl (C=O) groups excluding carboxylic acids is 1. The second kappa shape index (κ2) is 9.45. The monoisotopic (exact) mass is 310 g/mol. The van der Waals surface area contributed by atoms with Gasteiger partial charge in [-0.15, -0.1) is 12.4 Å². The van der Waals surface area contributed by atoms with Crippen LogP contribution in [0.4, 0.5) is 0 Å². The van der Waals surface area contributed by atoms with Gasteiger partial charge in [0.05, 0.1) is 10.0 Å². The molecule has 1 aromatic rings. The largest absolute Gasteiger partial charge is 0.356 e. The van der Waals surface area contributed by atoms with Crippen LogP contribution in [-0.4, -0.2) is 19.0 Å². The van der Waals surface area contributed by atoms with Crippen LogP contribution in [0.3, 0.4) is 0 Å². The molecule has 0 unspecified atom stereocenters. The van der Waals surface area contributed by atoms with Gasteiger partial charge in [0.15, 0.2) is 0 Å². The van der Waals surface area contributed by atoms with Gasteiger partial charge in [0.2, 0.25) is 5.91 Å². The maximum absolute atomic E-state index is 11.3. The summed E-state index contributed by atoms with van der Waals surface area (Å²) in [6, 6.07) is 5.49. The Labute approximate surface area is 123 Å². The molecule has 0 aromatic heterocycles. The Balaban J connectivity index is 0.00000289. The molecule has 0 saturated carbocycles. The summed E-state index contributed by atoms with van der Waals surface area (Å²) in [5.41, 5.74) is 6.26. The minimum Gasteiger partial charge on any atom is -0.356 e. The lowest BCUT2D eigenvalue weighted by Crippen LogP contribution is -2.26. The summed E-state index contributed by atoms with van der Waals surface area (Å²) in [6.07, 6.45) is 1.86. The van der Waals surface area contributed by atoms with Gasteiger partial charge in [0, 0.05) is 13.0 Å². The van der Waals surface area contributed by atoms with Crippen LogP contribution < -0.4 is 11.1 Å². The van der Waals surface area contributed by atoms with E-state index in [0.29, 0.717) is 42.4 Å². The maximum Gasteiger partial charge on any atom is 0.220 e. The van der Waals surface area contributed by atoms with Crippen molar-refractivity contribution >= 4 is 41.5 Å². The van der Waals surface area contributed by atoms with E-state index in [0.717, 1.165) is 5.56 Å². The standard InChI is InChI=1S/C12H16Cl2N2O.ClH/c13-10-4-1-3-9(12(10)14)6-8-16-11(17)5-2-7-15;/h1,3-4H,2,5-8,15H2,(H,16,17);1H. The van der Waals surface area contributed by atoms with Gasteiger partial charge in [-0.2, -0.15) is 0 Å². The van der Waals surface area contributed by atoms with Crippen molar-refractivity contribution in [1.82, 2.24) is 5.32 Å². The van der Waals surface area contributed by atoms with E-state index in [-0.39, 0.29) is 18.3 Å². The van der Waals surface area contributed by atoms with E-state index in [1.165, 1.54) is 0 Å². The molecule has 0 radical (unpaired) electrons. The number of hydrogen-bond acceptors (Lipinski definition) is 2. The van der Waals surface area contributed by atoms with E-state index in [9.17, 15) is 4.79 Å². The van der Waals surface area contributed by atoms with Gasteiger partial charge >= 0.3 is 0 Å². The molecule has 1 amide bonds. The second-order valence-corrected chi connectivity index (χ2v) is 4.49. The zero-order valence-corrected chi connectivity index (χ0v) is 12.2. The second-order valence-electron chi connectivity index (χ2n) is 3.71. The van der Waals surface area contributed by atoms with E-state index >= 15 is 0 Å². The third kappa shape index (κ3) is 5.91. The lowest BCUT2D eigenvalue weighted by molar-refractivity contribution is -0.121. The molecule has 0 aliphatic rings. The Kier molecular flexibility index (Phi) is 9.20. The lowest BCUT2D eigenvalue weighted by atomic mass is 10.1. The first-order valence-corrected chi connectivity index (χ1v) is 6.30. The zero-order chi connectivity index (χ0) is 12.7. The number of nitrogens with one attached hydrogen (secondary N) is 1. The van der Waals surface area contributed by atoms with Crippen LogP contribution in [-0.2, 0) is 11.2 Å². The Morgan fingerprint density at radius 1 is 1.33 bits per heavy atom. The van der Waals surface area contributed by atoms with Crippen molar-refractivity contribution in [1.29, 1.82) is 0 Å². The molecule has 1 aromatic carbocycles. The van der Waals surface area contributed by atoms with Gasteiger partial charge in [0.25, 0.3) is 0 Å². The molecular formula is C12H17Cl3N2O. The van der Waals surface area contributed by atoms with E-state index in [4.69, 9.17) is 28.9 Å². The van der Waals surface area contributed by atoms with Crippen molar-refractivity contribution in [2.75, 3.05) is 13.1 Å². The quantitative estimate of drug-likeness (QED) is 0.849. The van der Waals surface area contributed by atoms with Gasteiger partial charge in [-0.3, -0.25) is 4.79 Å². The summed E-state index contributed by atoms with van der Waals surface area (Å²) < 4.78 is 0. The molecular weight excluding hydrogens is 295 g/mol. The Bertz CT molecular complexity index is 386. The highest BCUT2D eigenvalue weighted by Gasteiger charge is 2.05. The van der Waals surface area contributed by atoms with Crippen LogP contribution in [0.1, 0.15) is 18.4 Å². The van der Waals surface area contributed by atoms with Crippen molar-refractivity contribution < 1.29 is 4.79 Å². The highest BCUT2D eigenvalue weighted by Crippen LogP contribution is 2.25. The molecule has 6 heteroatoms. The number of carbonyl (C=O) groups is 1. The number of benzene rings is 1. The van der Waals surface area contributed by atoms with E-state index in [2.05, 4.69) is 5.32 Å². The van der Waals surface area contributed by atoms with E-state index < -0.39 is 0 Å². The van der Waals surface area contributed by atoms with Crippen LogP contribution in [0.15, 0.2) is 18.2 Å². The highest BCUT2D eigenvalue weighted by molar-refractivity contribution is 6.42. The van der Waals surface area contributed by atoms with Crippen molar-refractivity contribution in [3.05, 3.63) is 33.8 Å². The zero-order valence-electron chi connectivity index (χ0n) is 9.92. The number of halogens is 3. The fourth-order valence-electron chi connectivity index (χ4n) is 1.43. The average molecular weight is 312 g/mol. The molecule has 1 rings (SSSR count). The summed E-state index contributed by atoms with van der Waals surface area (Å²) >= 11 is 11.9. The number of amides is 1. The summed E-state index contributed by atoms with van der Waals surface area (Å²) in [5, 5.41) is 3.92. The molecule has 0 atom stereocenters. The highest BCUT2D eigenvalue weighted by atomic mass is 35.5. The summed E-state index contributed by atoms with van der Waals surface area (Å²) in [4.78, 5) is 11.3. The Morgan fingerprint density at radius 2 is 2.06 bits per heavy atom. The molecule has 0 fully saturated rings. The first-order valence-electron chi connectivity index (χ1n) is 5.55. The molecule has 0 aliphatic carbocycles. The molecule has 3 N–H and O–H groups in total. The Morgan fingerprint density at radius 3 is 2.72 bits per heavy atom. The molecule has 0 spiro atoms. The van der Waals surface area contributed by atoms with Gasteiger partial charge in [-0.25, -0.2) is 0 Å². The van der Waals surface area contributed by atoms with E-state index in [1.807, 2.05) is 12.1 Å². The molecule has 102 valence electrons. The fourth-order valence-corrected chi connectivity index (χ4v) is 1.84. The summed E-state index contributed by atoms with van der Waals surface area (Å²) in [7, 11) is 0. The predicted octanol–water partition coefficient (Wildman–Crippen LogP) is 2.81. The van der Waals surface area contributed by atoms with Gasteiger partial charge in [-0.1, -0.05) is 35.3 Å². The first kappa shape index (κ1) is 17.5. The fraction of sp³-hybridized carbons (Fsp3) is 0.417. The van der Waals surface area contributed by atoms with Crippen molar-refractivity contribution in [2.45, 2.75) is 19.3 Å². The van der Waals surface area contributed by atoms with Gasteiger partial charge in [0.1, 0.15) is 0 Å². The van der Waals surface area contributed by atoms with E-state index in [1.54, 1.807) is 6.07 Å². The lowest BCUT2D eigenvalue weighted by Gasteiger charge is -2.07. The molecule has 0 bridgehead atoms. The molecule has 3 nitrogen and oxygen atoms in total. The third-order valence-corrected chi connectivity index (χ3v) is 3.21. The SMILES string of the molecule is Cl.NCCCC(=O)NCCc1cccc(Cl)c1Cl. The van der Waals surface area contributed by atoms with Crippen LogP contribution in [0.2, 0.25) is 10.0 Å². The van der Waals surface area contributed by atoms with Crippen LogP contribution in [0.5, 0.6) is 0 Å². The number of hydrogen-bond donors (Lipinski definition) is 2. The maximum atomic E-state index is 11.3. The van der Waals surface area contributed by atoms with Crippen molar-refractivity contribution in [3.8, 4) is 0 Å². The van der Waals surface area contributed by atoms with Crippen molar-refractivity contribution in [2.24, 2.45) is 5.73 Å². The minimum absolute atomic E-state index is 0. The Hall–Kier alpha value is -0.480. The third-order valence-electron chi connectivity index (χ3n) is 2.36. The van der Waals surface area contributed by atoms with Gasteiger partial charge < -0.3 is 11.1 Å². The predicted molar refractivity (Wildman–Crippen MR) is 78.7 cm³/mol. The molecule has 0 saturated heterocycles. The minimum atomic E-state index is 0. The molecule has 18 heavy (non-hydrogen) atoms. The average Bonchev–Trinajstić information content (AvgIpc) is 2.32. The van der Waals surface area contributed by atoms with Gasteiger partial charge in [-0.05, 0) is 31.0 Å². The summed E-state index contributed by atoms with van der Waals surface area (Å²) in [5.74, 6) is 0.0219. The van der Waals surface area contributed by atoms with Crippen LogP contribution in [0, 0.1) is 0 Å². The first-order chi connectivity index (χ1) is 8.15. The molecule has 0 heterocycles. The normalized spacial score (nSPS) is 9.72. The topological polar surface area (TPSA) is 55.1 Å². The van der Waals surface area contributed by atoms with Crippen LogP contribution in [0.25, 0.3) is 0 Å². The molecule has 0 aliphatic heterocycles. The van der Waals surface area contributed by atoms with Crippen molar-refractivity contribution in [3.63, 3.8) is 0 Å². The number of nitrogens with two attached hydrogens (primary N) is 1. The smallest absolute Gasteiger partial charge is 0.220 e. The number of rotatable bonds is 6.